The first-order valence-electron chi connectivity index (χ1n) is 7.35. The van der Waals surface area contributed by atoms with E-state index < -0.39 is 0 Å². The van der Waals surface area contributed by atoms with Gasteiger partial charge in [-0.05, 0) is 41.2 Å². The molecule has 0 unspecified atom stereocenters. The first-order valence-corrected chi connectivity index (χ1v) is 7.35. The smallest absolute Gasteiger partial charge is 0.160 e. The van der Waals surface area contributed by atoms with E-state index in [0.717, 1.165) is 30.6 Å². The Bertz CT molecular complexity index is 560. The van der Waals surface area contributed by atoms with E-state index in [9.17, 15) is 0 Å². The van der Waals surface area contributed by atoms with Crippen molar-refractivity contribution in [1.29, 1.82) is 0 Å². The highest BCUT2D eigenvalue weighted by Crippen LogP contribution is 2.31. The van der Waals surface area contributed by atoms with Gasteiger partial charge in [-0.15, -0.1) is 0 Å². The molecule has 110 valence electrons. The van der Waals surface area contributed by atoms with Gasteiger partial charge < -0.3 is 10.6 Å². The molecule has 0 amide bonds. The van der Waals surface area contributed by atoms with Crippen molar-refractivity contribution in [2.45, 2.75) is 46.6 Å². The average Bonchev–Trinajstić information content (AvgIpc) is 2.89. The van der Waals surface area contributed by atoms with Crippen molar-refractivity contribution in [3.8, 4) is 0 Å². The summed E-state index contributed by atoms with van der Waals surface area (Å²) in [5, 5.41) is 7.96. The van der Waals surface area contributed by atoms with E-state index in [2.05, 4.69) is 42.9 Å². The molecule has 1 heterocycles. The predicted octanol–water partition coefficient (Wildman–Crippen LogP) is 3.46. The standard InChI is InChI=1S/C15H24N4O/c1-5-11(6-2)19(9-10(3)4)13-8-7-12(16)14-15(13)18-20-17-14/h7-8,10-11H,5-6,9,16H2,1-4H3. The second-order valence-electron chi connectivity index (χ2n) is 5.65. The maximum atomic E-state index is 5.93. The number of anilines is 2. The summed E-state index contributed by atoms with van der Waals surface area (Å²) in [6, 6.07) is 4.40. The van der Waals surface area contributed by atoms with Gasteiger partial charge in [0.2, 0.25) is 0 Å². The summed E-state index contributed by atoms with van der Waals surface area (Å²) < 4.78 is 4.88. The van der Waals surface area contributed by atoms with Crippen LogP contribution in [-0.4, -0.2) is 22.9 Å². The van der Waals surface area contributed by atoms with Gasteiger partial charge in [-0.25, -0.2) is 4.63 Å². The highest BCUT2D eigenvalue weighted by molar-refractivity contribution is 5.95. The minimum atomic E-state index is 0.487. The molecule has 5 nitrogen and oxygen atoms in total. The Kier molecular flexibility index (Phi) is 4.47. The van der Waals surface area contributed by atoms with Crippen molar-refractivity contribution in [3.63, 3.8) is 0 Å². The highest BCUT2D eigenvalue weighted by Gasteiger charge is 2.21. The second kappa shape index (κ2) is 6.11. The van der Waals surface area contributed by atoms with Gasteiger partial charge in [0, 0.05) is 12.6 Å². The molecule has 5 heteroatoms. The van der Waals surface area contributed by atoms with Crippen LogP contribution in [0.15, 0.2) is 16.8 Å². The fraction of sp³-hybridized carbons (Fsp3) is 0.600. The average molecular weight is 276 g/mol. The molecule has 2 aromatic rings. The minimum absolute atomic E-state index is 0.487. The van der Waals surface area contributed by atoms with Gasteiger partial charge >= 0.3 is 0 Å². The van der Waals surface area contributed by atoms with Crippen molar-refractivity contribution in [1.82, 2.24) is 10.3 Å². The number of nitrogens with two attached hydrogens (primary N) is 1. The van der Waals surface area contributed by atoms with Crippen molar-refractivity contribution in [3.05, 3.63) is 12.1 Å². The fourth-order valence-corrected chi connectivity index (χ4v) is 2.67. The third-order valence-corrected chi connectivity index (χ3v) is 3.68. The molecule has 0 atom stereocenters. The maximum absolute atomic E-state index is 5.93. The molecule has 0 saturated heterocycles. The van der Waals surface area contributed by atoms with Gasteiger partial charge in [0.25, 0.3) is 0 Å². The summed E-state index contributed by atoms with van der Waals surface area (Å²) in [7, 11) is 0. The Morgan fingerprint density at radius 3 is 2.40 bits per heavy atom. The molecule has 1 aromatic carbocycles. The Balaban J connectivity index is 2.50. The number of benzene rings is 1. The van der Waals surface area contributed by atoms with Crippen LogP contribution < -0.4 is 10.6 Å². The summed E-state index contributed by atoms with van der Waals surface area (Å²) >= 11 is 0. The third kappa shape index (κ3) is 2.71. The third-order valence-electron chi connectivity index (χ3n) is 3.68. The van der Waals surface area contributed by atoms with Crippen molar-refractivity contribution >= 4 is 22.4 Å². The van der Waals surface area contributed by atoms with Gasteiger partial charge in [-0.2, -0.15) is 0 Å². The van der Waals surface area contributed by atoms with Crippen molar-refractivity contribution in [2.75, 3.05) is 17.2 Å². The SMILES string of the molecule is CCC(CC)N(CC(C)C)c1ccc(N)c2nonc12. The van der Waals surface area contributed by atoms with Gasteiger partial charge in [-0.1, -0.05) is 27.7 Å². The van der Waals surface area contributed by atoms with Crippen LogP contribution in [0.2, 0.25) is 0 Å². The summed E-state index contributed by atoms with van der Waals surface area (Å²) in [5.41, 5.74) is 9.03. The molecule has 20 heavy (non-hydrogen) atoms. The summed E-state index contributed by atoms with van der Waals surface area (Å²) in [6.45, 7) is 9.88. The monoisotopic (exact) mass is 276 g/mol. The molecule has 0 saturated carbocycles. The predicted molar refractivity (Wildman–Crippen MR) is 82.8 cm³/mol. The molecule has 0 aliphatic carbocycles. The van der Waals surface area contributed by atoms with Crippen LogP contribution in [0, 0.1) is 5.92 Å². The lowest BCUT2D eigenvalue weighted by molar-refractivity contribution is 0.315. The summed E-state index contributed by atoms with van der Waals surface area (Å²) in [5.74, 6) is 0.572. The van der Waals surface area contributed by atoms with Crippen LogP contribution >= 0.6 is 0 Å². The van der Waals surface area contributed by atoms with Crippen molar-refractivity contribution in [2.24, 2.45) is 5.92 Å². The second-order valence-corrected chi connectivity index (χ2v) is 5.65. The number of rotatable bonds is 6. The van der Waals surface area contributed by atoms with E-state index in [1.54, 1.807) is 0 Å². The molecule has 0 fully saturated rings. The van der Waals surface area contributed by atoms with E-state index in [0.29, 0.717) is 23.2 Å². The van der Waals surface area contributed by atoms with Crippen LogP contribution in [0.5, 0.6) is 0 Å². The molecule has 2 N–H and O–H groups in total. The van der Waals surface area contributed by atoms with Crippen molar-refractivity contribution < 1.29 is 4.63 Å². The number of nitrogens with zero attached hydrogens (tertiary/aromatic N) is 3. The molecule has 1 aromatic heterocycles. The van der Waals surface area contributed by atoms with Gasteiger partial charge in [0.15, 0.2) is 11.0 Å². The fourth-order valence-electron chi connectivity index (χ4n) is 2.67. The van der Waals surface area contributed by atoms with E-state index in [1.807, 2.05) is 12.1 Å². The van der Waals surface area contributed by atoms with E-state index in [-0.39, 0.29) is 0 Å². The Morgan fingerprint density at radius 1 is 1.15 bits per heavy atom. The lowest BCUT2D eigenvalue weighted by Crippen LogP contribution is -2.37. The number of fused-ring (bicyclic) bond motifs is 1. The summed E-state index contributed by atoms with van der Waals surface area (Å²) in [6.07, 6.45) is 2.20. The lowest BCUT2D eigenvalue weighted by Gasteiger charge is -2.34. The van der Waals surface area contributed by atoms with Crippen LogP contribution in [0.4, 0.5) is 11.4 Å². The summed E-state index contributed by atoms with van der Waals surface area (Å²) in [4.78, 5) is 2.41. The molecule has 0 spiro atoms. The molecule has 2 rings (SSSR count). The number of hydrogen-bond acceptors (Lipinski definition) is 5. The van der Waals surface area contributed by atoms with E-state index in [1.165, 1.54) is 0 Å². The van der Waals surface area contributed by atoms with Crippen LogP contribution in [0.1, 0.15) is 40.5 Å². The minimum Gasteiger partial charge on any atom is -0.397 e. The molecular weight excluding hydrogens is 252 g/mol. The number of aromatic nitrogens is 2. The lowest BCUT2D eigenvalue weighted by atomic mass is 10.1. The van der Waals surface area contributed by atoms with Gasteiger partial charge in [0.05, 0.1) is 11.4 Å². The van der Waals surface area contributed by atoms with Gasteiger partial charge in [0.1, 0.15) is 0 Å². The van der Waals surface area contributed by atoms with E-state index >= 15 is 0 Å². The molecule has 0 radical (unpaired) electrons. The number of nitrogen functional groups attached to an aromatic ring is 1. The Hall–Kier alpha value is -1.78. The molecule has 0 bridgehead atoms. The zero-order valence-electron chi connectivity index (χ0n) is 12.8. The van der Waals surface area contributed by atoms with Crippen LogP contribution in [0.25, 0.3) is 11.0 Å². The zero-order valence-corrected chi connectivity index (χ0v) is 12.8. The molecule has 0 aliphatic heterocycles. The first-order chi connectivity index (χ1) is 9.58. The van der Waals surface area contributed by atoms with Gasteiger partial charge in [-0.3, -0.25) is 0 Å². The first kappa shape index (κ1) is 14.6. The molecular formula is C15H24N4O. The normalized spacial score (nSPS) is 11.7. The zero-order chi connectivity index (χ0) is 14.7. The van der Waals surface area contributed by atoms with E-state index in [4.69, 9.17) is 10.4 Å². The van der Waals surface area contributed by atoms with Crippen LogP contribution in [-0.2, 0) is 0 Å². The Labute approximate surface area is 120 Å². The largest absolute Gasteiger partial charge is 0.397 e. The maximum Gasteiger partial charge on any atom is 0.160 e. The topological polar surface area (TPSA) is 68.2 Å². The quantitative estimate of drug-likeness (QED) is 0.818. The van der Waals surface area contributed by atoms with Crippen LogP contribution in [0.3, 0.4) is 0 Å². The highest BCUT2D eigenvalue weighted by atomic mass is 16.6. The number of hydrogen-bond donors (Lipinski definition) is 1. The Morgan fingerprint density at radius 2 is 1.80 bits per heavy atom. The molecule has 0 aliphatic rings.